The van der Waals surface area contributed by atoms with E-state index in [0.717, 1.165) is 19.3 Å². The Morgan fingerprint density at radius 3 is 2.57 bits per heavy atom. The number of carbonyl (C=O) groups excluding carboxylic acids is 3. The largest absolute Gasteiger partial charge is 0.460 e. The number of fused-ring (bicyclic) bond motifs is 1. The molecule has 0 bridgehead atoms. The molecule has 2 fully saturated rings. The Morgan fingerprint density at radius 2 is 1.95 bits per heavy atom. The first kappa shape index (κ1) is 15.7. The average molecular weight is 293 g/mol. The van der Waals surface area contributed by atoms with Gasteiger partial charge in [0.05, 0.1) is 17.9 Å². The maximum atomic E-state index is 12.5. The summed E-state index contributed by atoms with van der Waals surface area (Å²) in [5.74, 6) is -0.564. The topological polar surface area (TPSA) is 63.7 Å². The normalized spacial score (nSPS) is 30.0. The second kappa shape index (κ2) is 6.00. The first-order valence-corrected chi connectivity index (χ1v) is 7.52. The van der Waals surface area contributed by atoms with Gasteiger partial charge < -0.3 is 4.74 Å². The standard InChI is InChI=1S/C16H23NO4/c1-9(2)16(20)21-8-11(4)17-14(18)12-6-5-10(3)7-13(12)15(17)19/h10-13H,1,5-8H2,2-4H3. The van der Waals surface area contributed by atoms with Crippen molar-refractivity contribution in [1.29, 1.82) is 0 Å². The highest BCUT2D eigenvalue weighted by Crippen LogP contribution is 2.41. The van der Waals surface area contributed by atoms with Crippen LogP contribution in [0.2, 0.25) is 0 Å². The third kappa shape index (κ3) is 3.01. The highest BCUT2D eigenvalue weighted by molar-refractivity contribution is 6.05. The monoisotopic (exact) mass is 293 g/mol. The maximum absolute atomic E-state index is 12.5. The highest BCUT2D eigenvalue weighted by Gasteiger charge is 2.50. The molecule has 1 heterocycles. The molecule has 5 nitrogen and oxygen atoms in total. The summed E-state index contributed by atoms with van der Waals surface area (Å²) in [4.78, 5) is 37.6. The number of rotatable bonds is 4. The zero-order chi connectivity index (χ0) is 15.7. The molecule has 21 heavy (non-hydrogen) atoms. The lowest BCUT2D eigenvalue weighted by molar-refractivity contribution is -0.149. The quantitative estimate of drug-likeness (QED) is 0.451. The molecule has 0 aromatic rings. The van der Waals surface area contributed by atoms with E-state index in [1.54, 1.807) is 13.8 Å². The second-order valence-electron chi connectivity index (χ2n) is 6.41. The van der Waals surface area contributed by atoms with Crippen LogP contribution in [0, 0.1) is 17.8 Å². The van der Waals surface area contributed by atoms with Gasteiger partial charge in [0.1, 0.15) is 6.61 Å². The van der Waals surface area contributed by atoms with Crippen LogP contribution in [-0.2, 0) is 19.1 Å². The lowest BCUT2D eigenvalue weighted by atomic mass is 9.76. The Balaban J connectivity index is 2.02. The van der Waals surface area contributed by atoms with Gasteiger partial charge in [0, 0.05) is 5.57 Å². The minimum absolute atomic E-state index is 0.0260. The van der Waals surface area contributed by atoms with E-state index in [1.165, 1.54) is 4.90 Å². The predicted octanol–water partition coefficient (Wildman–Crippen LogP) is 1.92. The summed E-state index contributed by atoms with van der Waals surface area (Å²) in [5.41, 5.74) is 0.309. The van der Waals surface area contributed by atoms with Crippen molar-refractivity contribution in [2.24, 2.45) is 17.8 Å². The summed E-state index contributed by atoms with van der Waals surface area (Å²) in [6.45, 7) is 8.95. The SMILES string of the molecule is C=C(C)C(=O)OCC(C)N1C(=O)C2CCC(C)CC2C1=O. The van der Waals surface area contributed by atoms with Crippen LogP contribution in [0.3, 0.4) is 0 Å². The molecule has 0 spiro atoms. The van der Waals surface area contributed by atoms with Gasteiger partial charge in [0.15, 0.2) is 0 Å². The van der Waals surface area contributed by atoms with E-state index >= 15 is 0 Å². The average Bonchev–Trinajstić information content (AvgIpc) is 2.67. The Morgan fingerprint density at radius 1 is 1.33 bits per heavy atom. The van der Waals surface area contributed by atoms with Gasteiger partial charge in [-0.15, -0.1) is 0 Å². The lowest BCUT2D eigenvalue weighted by Crippen LogP contribution is -2.42. The van der Waals surface area contributed by atoms with E-state index in [9.17, 15) is 14.4 Å². The van der Waals surface area contributed by atoms with E-state index in [-0.39, 0.29) is 30.3 Å². The molecule has 0 aromatic heterocycles. The molecule has 4 unspecified atom stereocenters. The van der Waals surface area contributed by atoms with Gasteiger partial charge in [0.2, 0.25) is 11.8 Å². The van der Waals surface area contributed by atoms with Gasteiger partial charge >= 0.3 is 5.97 Å². The fraction of sp³-hybridized carbons (Fsp3) is 0.688. The fourth-order valence-electron chi connectivity index (χ4n) is 3.24. The van der Waals surface area contributed by atoms with Gasteiger partial charge in [-0.25, -0.2) is 4.79 Å². The number of esters is 1. The van der Waals surface area contributed by atoms with Crippen LogP contribution in [-0.4, -0.2) is 35.3 Å². The molecule has 2 aliphatic rings. The van der Waals surface area contributed by atoms with E-state index in [1.807, 2.05) is 0 Å². The molecule has 0 aromatic carbocycles. The second-order valence-corrected chi connectivity index (χ2v) is 6.41. The minimum atomic E-state index is -0.494. The van der Waals surface area contributed by atoms with Gasteiger partial charge in [-0.3, -0.25) is 14.5 Å². The number of imide groups is 1. The first-order valence-electron chi connectivity index (χ1n) is 7.52. The summed E-state index contributed by atoms with van der Waals surface area (Å²) in [6.07, 6.45) is 2.56. The molecule has 4 atom stereocenters. The van der Waals surface area contributed by atoms with Crippen LogP contribution in [0.25, 0.3) is 0 Å². The van der Waals surface area contributed by atoms with Crippen molar-refractivity contribution < 1.29 is 19.1 Å². The third-order valence-electron chi connectivity index (χ3n) is 4.47. The van der Waals surface area contributed by atoms with Crippen molar-refractivity contribution in [2.45, 2.75) is 46.1 Å². The molecule has 2 amide bonds. The van der Waals surface area contributed by atoms with Crippen molar-refractivity contribution >= 4 is 17.8 Å². The number of ether oxygens (including phenoxy) is 1. The number of carbonyl (C=O) groups is 3. The molecule has 1 aliphatic carbocycles. The smallest absolute Gasteiger partial charge is 0.333 e. The summed E-state index contributed by atoms with van der Waals surface area (Å²) in [6, 6.07) is -0.422. The number of likely N-dealkylation sites (tertiary alicyclic amines) is 1. The number of hydrogen-bond acceptors (Lipinski definition) is 4. The zero-order valence-electron chi connectivity index (χ0n) is 12.9. The van der Waals surface area contributed by atoms with E-state index < -0.39 is 12.0 Å². The van der Waals surface area contributed by atoms with Gasteiger partial charge in [0.25, 0.3) is 0 Å². The molecule has 1 saturated heterocycles. The van der Waals surface area contributed by atoms with Crippen LogP contribution in [0.1, 0.15) is 40.0 Å². The summed E-state index contributed by atoms with van der Waals surface area (Å²) in [7, 11) is 0. The Kier molecular flexibility index (Phi) is 4.49. The van der Waals surface area contributed by atoms with Crippen LogP contribution in [0.5, 0.6) is 0 Å². The predicted molar refractivity (Wildman–Crippen MR) is 77.1 cm³/mol. The minimum Gasteiger partial charge on any atom is -0.460 e. The molecule has 0 radical (unpaired) electrons. The molecular formula is C16H23NO4. The molecule has 1 aliphatic heterocycles. The Bertz CT molecular complexity index is 485. The summed E-state index contributed by atoms with van der Waals surface area (Å²) >= 11 is 0. The summed E-state index contributed by atoms with van der Waals surface area (Å²) in [5, 5.41) is 0. The van der Waals surface area contributed by atoms with Gasteiger partial charge in [-0.1, -0.05) is 13.5 Å². The van der Waals surface area contributed by atoms with E-state index in [0.29, 0.717) is 11.5 Å². The van der Waals surface area contributed by atoms with E-state index in [2.05, 4.69) is 13.5 Å². The van der Waals surface area contributed by atoms with Crippen molar-refractivity contribution in [3.63, 3.8) is 0 Å². The molecule has 0 N–H and O–H groups in total. The van der Waals surface area contributed by atoms with Crippen molar-refractivity contribution in [3.8, 4) is 0 Å². The molecule has 2 rings (SSSR count). The molecule has 5 heteroatoms. The zero-order valence-corrected chi connectivity index (χ0v) is 12.9. The van der Waals surface area contributed by atoms with Crippen LogP contribution >= 0.6 is 0 Å². The third-order valence-corrected chi connectivity index (χ3v) is 4.47. The van der Waals surface area contributed by atoms with Crippen LogP contribution in [0.4, 0.5) is 0 Å². The van der Waals surface area contributed by atoms with Crippen molar-refractivity contribution in [1.82, 2.24) is 4.90 Å². The first-order chi connectivity index (χ1) is 9.82. The molecule has 1 saturated carbocycles. The highest BCUT2D eigenvalue weighted by atomic mass is 16.5. The fourth-order valence-corrected chi connectivity index (χ4v) is 3.24. The van der Waals surface area contributed by atoms with Crippen LogP contribution in [0.15, 0.2) is 12.2 Å². The maximum Gasteiger partial charge on any atom is 0.333 e. The molecular weight excluding hydrogens is 270 g/mol. The number of hydrogen-bond donors (Lipinski definition) is 0. The Labute approximate surface area is 125 Å². The Hall–Kier alpha value is -1.65. The lowest BCUT2D eigenvalue weighted by Gasteiger charge is -2.25. The number of nitrogens with zero attached hydrogens (tertiary/aromatic N) is 1. The van der Waals surface area contributed by atoms with Crippen molar-refractivity contribution in [3.05, 3.63) is 12.2 Å². The number of amides is 2. The van der Waals surface area contributed by atoms with Crippen LogP contribution < -0.4 is 0 Å². The van der Waals surface area contributed by atoms with Gasteiger partial charge in [-0.2, -0.15) is 0 Å². The van der Waals surface area contributed by atoms with E-state index in [4.69, 9.17) is 4.74 Å². The van der Waals surface area contributed by atoms with Crippen molar-refractivity contribution in [2.75, 3.05) is 6.61 Å². The van der Waals surface area contributed by atoms with Gasteiger partial charge in [-0.05, 0) is 39.0 Å². The summed E-state index contributed by atoms with van der Waals surface area (Å²) < 4.78 is 5.06. The molecule has 116 valence electrons.